The van der Waals surface area contributed by atoms with Crippen molar-refractivity contribution in [2.45, 2.75) is 38.1 Å². The number of nitrogens with one attached hydrogen (secondary N) is 3. The number of piperidine rings is 1. The lowest BCUT2D eigenvalue weighted by atomic mass is 9.97. The Labute approximate surface area is 248 Å². The Bertz CT molecular complexity index is 1830. The molecule has 0 bridgehead atoms. The van der Waals surface area contributed by atoms with Gasteiger partial charge in [0.1, 0.15) is 16.8 Å². The van der Waals surface area contributed by atoms with Gasteiger partial charge in [0.25, 0.3) is 5.91 Å². The van der Waals surface area contributed by atoms with E-state index in [-0.39, 0.29) is 34.2 Å². The molecule has 4 heterocycles. The quantitative estimate of drug-likeness (QED) is 0.271. The van der Waals surface area contributed by atoms with Gasteiger partial charge in [-0.3, -0.25) is 14.4 Å². The first-order chi connectivity index (χ1) is 20.9. The van der Waals surface area contributed by atoms with Crippen LogP contribution in [0.3, 0.4) is 0 Å². The fourth-order valence-electron chi connectivity index (χ4n) is 6.68. The summed E-state index contributed by atoms with van der Waals surface area (Å²) in [6.45, 7) is 2.89. The average molecular weight is 584 g/mol. The van der Waals surface area contributed by atoms with E-state index in [0.717, 1.165) is 42.6 Å². The number of rotatable bonds is 6. The van der Waals surface area contributed by atoms with Gasteiger partial charge in [0.15, 0.2) is 17.3 Å². The van der Waals surface area contributed by atoms with Crippen molar-refractivity contribution in [3.63, 3.8) is 0 Å². The summed E-state index contributed by atoms with van der Waals surface area (Å²) in [6.07, 6.45) is 5.80. The Morgan fingerprint density at radius 3 is 2.60 bits per heavy atom. The molecule has 9 nitrogen and oxygen atoms in total. The van der Waals surface area contributed by atoms with Crippen LogP contribution in [0.5, 0.6) is 11.5 Å². The number of nitrogens with zero attached hydrogens (tertiary/aromatic N) is 2. The Morgan fingerprint density at radius 2 is 1.86 bits per heavy atom. The first-order valence-corrected chi connectivity index (χ1v) is 15.0. The Hall–Kier alpha value is -4.28. The molecule has 1 aromatic heterocycles. The molecule has 3 aliphatic heterocycles. The number of carbonyl (C=O) groups is 2. The van der Waals surface area contributed by atoms with Crippen LogP contribution >= 0.6 is 0 Å². The van der Waals surface area contributed by atoms with E-state index in [1.165, 1.54) is 6.20 Å². The number of aromatic nitrogens is 1. The van der Waals surface area contributed by atoms with E-state index < -0.39 is 17.2 Å². The predicted octanol–water partition coefficient (Wildman–Crippen LogP) is 4.54. The van der Waals surface area contributed by atoms with E-state index in [1.54, 1.807) is 4.57 Å². The van der Waals surface area contributed by atoms with Gasteiger partial charge in [0.05, 0.1) is 11.1 Å². The minimum Gasteiger partial charge on any atom is -0.451 e. The normalized spacial score (nSPS) is 18.4. The van der Waals surface area contributed by atoms with E-state index in [0.29, 0.717) is 55.5 Å². The van der Waals surface area contributed by atoms with Crippen molar-refractivity contribution < 1.29 is 18.7 Å². The minimum absolute atomic E-state index is 0.00866. The number of fused-ring (bicyclic) bond motifs is 3. The molecular formula is C33H34FN5O4. The number of hydrogen-bond acceptors (Lipinski definition) is 6. The van der Waals surface area contributed by atoms with Crippen molar-refractivity contribution in [1.29, 1.82) is 0 Å². The highest BCUT2D eigenvalue weighted by atomic mass is 19.1. The summed E-state index contributed by atoms with van der Waals surface area (Å²) in [7, 11) is 2.08. The summed E-state index contributed by atoms with van der Waals surface area (Å²) < 4.78 is 23.9. The van der Waals surface area contributed by atoms with Gasteiger partial charge in [0, 0.05) is 24.7 Å². The smallest absolute Gasteiger partial charge is 0.256 e. The second-order valence-corrected chi connectivity index (χ2v) is 11.8. The first-order valence-electron chi connectivity index (χ1n) is 15.0. The molecule has 222 valence electrons. The van der Waals surface area contributed by atoms with E-state index in [4.69, 9.17) is 4.74 Å². The van der Waals surface area contributed by atoms with Crippen molar-refractivity contribution in [3.05, 3.63) is 70.3 Å². The summed E-state index contributed by atoms with van der Waals surface area (Å²) in [5, 5.41) is 10.8. The summed E-state index contributed by atoms with van der Waals surface area (Å²) in [6, 6.07) is 13.0. The number of amides is 2. The Morgan fingerprint density at radius 1 is 1.09 bits per heavy atom. The number of ether oxygens (including phenoxy) is 1. The second kappa shape index (κ2) is 11.1. The van der Waals surface area contributed by atoms with Crippen LogP contribution in [0.1, 0.15) is 42.5 Å². The third-order valence-corrected chi connectivity index (χ3v) is 9.13. The molecule has 43 heavy (non-hydrogen) atoms. The number of carbonyl (C=O) groups excluding carboxylic acids is 2. The van der Waals surface area contributed by atoms with Crippen molar-refractivity contribution in [2.24, 2.45) is 5.92 Å². The maximum absolute atomic E-state index is 15.8. The number of benzene rings is 3. The lowest BCUT2D eigenvalue weighted by Gasteiger charge is -2.27. The zero-order valence-electron chi connectivity index (χ0n) is 24.0. The van der Waals surface area contributed by atoms with Gasteiger partial charge in [-0.25, -0.2) is 4.39 Å². The van der Waals surface area contributed by atoms with Crippen LogP contribution < -0.4 is 26.1 Å². The van der Waals surface area contributed by atoms with E-state index >= 15 is 4.39 Å². The van der Waals surface area contributed by atoms with Gasteiger partial charge in [-0.15, -0.1) is 0 Å². The number of pyridine rings is 1. The molecule has 0 aliphatic carbocycles. The molecule has 0 spiro atoms. The van der Waals surface area contributed by atoms with Gasteiger partial charge in [0.2, 0.25) is 11.3 Å². The molecule has 1 atom stereocenters. The van der Waals surface area contributed by atoms with Gasteiger partial charge >= 0.3 is 0 Å². The minimum atomic E-state index is -0.792. The third kappa shape index (κ3) is 4.94. The van der Waals surface area contributed by atoms with Crippen molar-refractivity contribution in [1.82, 2.24) is 20.1 Å². The van der Waals surface area contributed by atoms with E-state index in [2.05, 4.69) is 27.9 Å². The highest BCUT2D eigenvalue weighted by Crippen LogP contribution is 2.46. The molecule has 3 aliphatic rings. The molecule has 3 N–H and O–H groups in total. The fourth-order valence-corrected chi connectivity index (χ4v) is 6.68. The topological polar surface area (TPSA) is 105 Å². The van der Waals surface area contributed by atoms with Crippen LogP contribution in [0.15, 0.2) is 53.5 Å². The van der Waals surface area contributed by atoms with Crippen molar-refractivity contribution in [3.8, 4) is 17.2 Å². The van der Waals surface area contributed by atoms with E-state index in [1.807, 2.05) is 36.4 Å². The molecule has 7 rings (SSSR count). The molecule has 2 saturated heterocycles. The van der Waals surface area contributed by atoms with Crippen molar-refractivity contribution in [2.75, 3.05) is 38.5 Å². The summed E-state index contributed by atoms with van der Waals surface area (Å²) in [5.74, 6) is -1.37. The summed E-state index contributed by atoms with van der Waals surface area (Å²) >= 11 is 0. The molecule has 3 aromatic carbocycles. The summed E-state index contributed by atoms with van der Waals surface area (Å²) in [4.78, 5) is 42.6. The summed E-state index contributed by atoms with van der Waals surface area (Å²) in [5.41, 5.74) is 0.135. The van der Waals surface area contributed by atoms with Crippen LogP contribution in [-0.4, -0.2) is 60.5 Å². The largest absolute Gasteiger partial charge is 0.451 e. The molecule has 0 saturated carbocycles. The Balaban J connectivity index is 1.33. The van der Waals surface area contributed by atoms with Crippen LogP contribution in [0.4, 0.5) is 10.1 Å². The van der Waals surface area contributed by atoms with Gasteiger partial charge in [-0.1, -0.05) is 24.3 Å². The monoisotopic (exact) mass is 583 g/mol. The van der Waals surface area contributed by atoms with Crippen LogP contribution in [0.25, 0.3) is 27.4 Å². The van der Waals surface area contributed by atoms with E-state index in [9.17, 15) is 14.4 Å². The highest BCUT2D eigenvalue weighted by molar-refractivity contribution is 6.04. The molecule has 10 heteroatoms. The SMILES string of the molecule is CN1CCCC1CCNC(=O)c1cn2c3c(c(NC(=O)C4CCNCC4)c(F)cc3c1=O)Oc1cc3ccccc3cc1-2. The van der Waals surface area contributed by atoms with Crippen molar-refractivity contribution >= 4 is 39.2 Å². The zero-order chi connectivity index (χ0) is 29.7. The molecule has 0 radical (unpaired) electrons. The molecule has 4 aromatic rings. The van der Waals surface area contributed by atoms with Gasteiger partial charge in [-0.2, -0.15) is 0 Å². The van der Waals surface area contributed by atoms with Gasteiger partial charge in [-0.05, 0) is 87.8 Å². The zero-order valence-corrected chi connectivity index (χ0v) is 24.0. The molecular weight excluding hydrogens is 549 g/mol. The molecule has 2 fully saturated rings. The first kappa shape index (κ1) is 27.5. The third-order valence-electron chi connectivity index (χ3n) is 9.13. The average Bonchev–Trinajstić information content (AvgIpc) is 3.43. The van der Waals surface area contributed by atoms with Crippen LogP contribution in [0, 0.1) is 11.7 Å². The maximum atomic E-state index is 15.8. The van der Waals surface area contributed by atoms with Gasteiger partial charge < -0.3 is 30.2 Å². The molecule has 2 amide bonds. The number of anilines is 1. The number of hydrogen-bond donors (Lipinski definition) is 3. The lowest BCUT2D eigenvalue weighted by Crippen LogP contribution is -2.35. The Kier molecular flexibility index (Phi) is 7.10. The maximum Gasteiger partial charge on any atom is 0.256 e. The standard InChI is InChI=1S/C33H34FN5O4/c1-38-14-4-7-22(38)10-13-36-33(42)24-18-39-26-15-20-5-2-3-6-21(20)16-27(26)43-31-28(25(34)17-23(29(31)39)30(24)40)37-32(41)19-8-11-35-12-9-19/h2-3,5-6,15-19,22,35H,4,7-14H2,1H3,(H,36,42)(H,37,41). The predicted molar refractivity (Wildman–Crippen MR) is 164 cm³/mol. The number of halogens is 1. The number of likely N-dealkylation sites (tertiary alicyclic amines) is 1. The highest BCUT2D eigenvalue weighted by Gasteiger charge is 2.31. The molecule has 1 unspecified atom stereocenters. The van der Waals surface area contributed by atoms with Crippen LogP contribution in [0.2, 0.25) is 0 Å². The fraction of sp³-hybridized carbons (Fsp3) is 0.364. The lowest BCUT2D eigenvalue weighted by molar-refractivity contribution is -0.120. The second-order valence-electron chi connectivity index (χ2n) is 11.8. The van der Waals surface area contributed by atoms with Crippen LogP contribution in [-0.2, 0) is 4.79 Å².